The molecule has 0 unspecified atom stereocenters. The van der Waals surface area contributed by atoms with Gasteiger partial charge in [0, 0.05) is 12.6 Å². The van der Waals surface area contributed by atoms with Crippen molar-refractivity contribution in [2.24, 2.45) is 0 Å². The maximum atomic E-state index is 12.8. The van der Waals surface area contributed by atoms with Gasteiger partial charge in [0.15, 0.2) is 0 Å². The molecule has 1 saturated carbocycles. The number of halogens is 5. The van der Waals surface area contributed by atoms with Crippen LogP contribution < -0.4 is 5.32 Å². The summed E-state index contributed by atoms with van der Waals surface area (Å²) in [7, 11) is 0. The van der Waals surface area contributed by atoms with E-state index in [1.807, 2.05) is 0 Å². The molecule has 1 aliphatic rings. The Morgan fingerprint density at radius 2 is 1.59 bits per heavy atom. The molecule has 0 spiro atoms. The first-order valence-electron chi connectivity index (χ1n) is 5.09. The highest BCUT2D eigenvalue weighted by Gasteiger charge is 2.62. The predicted octanol–water partition coefficient (Wildman–Crippen LogP) is 3.15. The van der Waals surface area contributed by atoms with E-state index in [2.05, 4.69) is 5.32 Å². The summed E-state index contributed by atoms with van der Waals surface area (Å²) < 4.78 is 63.3. The van der Waals surface area contributed by atoms with Crippen LogP contribution in [0.25, 0.3) is 0 Å². The molecule has 0 saturated heterocycles. The highest BCUT2D eigenvalue weighted by atomic mass is 19.4. The monoisotopic (exact) mass is 251 g/mol. The highest BCUT2D eigenvalue weighted by Crippen LogP contribution is 2.49. The van der Waals surface area contributed by atoms with Gasteiger partial charge in [-0.2, -0.15) is 13.2 Å². The molecule has 0 bridgehead atoms. The predicted molar refractivity (Wildman–Crippen MR) is 51.2 cm³/mol. The third-order valence-electron chi connectivity index (χ3n) is 2.85. The fraction of sp³-hybridized carbons (Fsp3) is 0.455. The zero-order valence-corrected chi connectivity index (χ0v) is 8.74. The first-order chi connectivity index (χ1) is 7.82. The number of benzene rings is 1. The molecule has 1 aliphatic carbocycles. The topological polar surface area (TPSA) is 12.0 Å². The zero-order chi connectivity index (χ0) is 12.7. The lowest BCUT2D eigenvalue weighted by molar-refractivity contribution is -0.166. The van der Waals surface area contributed by atoms with Crippen LogP contribution in [-0.2, 0) is 6.54 Å². The molecular weight excluding hydrogens is 241 g/mol. The van der Waals surface area contributed by atoms with Crippen LogP contribution in [0, 0.1) is 11.6 Å². The van der Waals surface area contributed by atoms with Crippen LogP contribution in [-0.4, -0.2) is 11.7 Å². The molecule has 0 heterocycles. The Bertz CT molecular complexity index is 402. The summed E-state index contributed by atoms with van der Waals surface area (Å²) in [5.41, 5.74) is -1.70. The van der Waals surface area contributed by atoms with Gasteiger partial charge in [0.25, 0.3) is 0 Å². The quantitative estimate of drug-likeness (QED) is 0.814. The van der Waals surface area contributed by atoms with E-state index in [1.165, 1.54) is 0 Å². The number of rotatable bonds is 3. The van der Waals surface area contributed by atoms with Gasteiger partial charge >= 0.3 is 6.18 Å². The van der Waals surface area contributed by atoms with E-state index in [0.29, 0.717) is 6.07 Å². The fourth-order valence-corrected chi connectivity index (χ4v) is 1.67. The van der Waals surface area contributed by atoms with Crippen LogP contribution in [0.1, 0.15) is 18.4 Å². The van der Waals surface area contributed by atoms with Crippen molar-refractivity contribution in [3.63, 3.8) is 0 Å². The smallest absolute Gasteiger partial charge is 0.299 e. The molecule has 0 radical (unpaired) electrons. The van der Waals surface area contributed by atoms with Crippen LogP contribution >= 0.6 is 0 Å². The van der Waals surface area contributed by atoms with E-state index in [4.69, 9.17) is 0 Å². The lowest BCUT2D eigenvalue weighted by atomic mass is 10.2. The lowest BCUT2D eigenvalue weighted by Crippen LogP contribution is -2.44. The maximum absolute atomic E-state index is 12.8. The molecule has 1 nitrogen and oxygen atoms in total. The molecule has 6 heteroatoms. The Balaban J connectivity index is 2.03. The fourth-order valence-electron chi connectivity index (χ4n) is 1.67. The number of hydrogen-bond donors (Lipinski definition) is 1. The third kappa shape index (κ3) is 2.57. The summed E-state index contributed by atoms with van der Waals surface area (Å²) in [5, 5.41) is 2.32. The van der Waals surface area contributed by atoms with Crippen LogP contribution in [0.2, 0.25) is 0 Å². The van der Waals surface area contributed by atoms with Crippen molar-refractivity contribution in [3.05, 3.63) is 35.4 Å². The van der Waals surface area contributed by atoms with Gasteiger partial charge < -0.3 is 0 Å². The highest BCUT2D eigenvalue weighted by molar-refractivity contribution is 5.19. The summed E-state index contributed by atoms with van der Waals surface area (Å²) in [4.78, 5) is 0. The Kier molecular flexibility index (Phi) is 2.85. The van der Waals surface area contributed by atoms with E-state index in [1.54, 1.807) is 0 Å². The van der Waals surface area contributed by atoms with E-state index >= 15 is 0 Å². The van der Waals surface area contributed by atoms with Crippen molar-refractivity contribution in [2.45, 2.75) is 31.1 Å². The van der Waals surface area contributed by atoms with E-state index < -0.39 is 23.3 Å². The summed E-state index contributed by atoms with van der Waals surface area (Å²) >= 11 is 0. The van der Waals surface area contributed by atoms with Crippen molar-refractivity contribution in [3.8, 4) is 0 Å². The lowest BCUT2D eigenvalue weighted by Gasteiger charge is -2.20. The molecule has 1 N–H and O–H groups in total. The second-order valence-electron chi connectivity index (χ2n) is 4.21. The molecule has 1 fully saturated rings. The number of hydrogen-bond acceptors (Lipinski definition) is 1. The molecule has 0 aliphatic heterocycles. The van der Waals surface area contributed by atoms with Crippen LogP contribution in [0.4, 0.5) is 22.0 Å². The van der Waals surface area contributed by atoms with Gasteiger partial charge in [-0.1, -0.05) is 0 Å². The van der Waals surface area contributed by atoms with Gasteiger partial charge in [-0.25, -0.2) is 8.78 Å². The van der Waals surface area contributed by atoms with Gasteiger partial charge in [-0.15, -0.1) is 0 Å². The Hall–Kier alpha value is -1.17. The molecule has 94 valence electrons. The van der Waals surface area contributed by atoms with Gasteiger partial charge in [0.1, 0.15) is 17.2 Å². The van der Waals surface area contributed by atoms with E-state index in [-0.39, 0.29) is 24.9 Å². The summed E-state index contributed by atoms with van der Waals surface area (Å²) in [6.45, 7) is -0.200. The number of nitrogens with one attached hydrogen (secondary N) is 1. The zero-order valence-electron chi connectivity index (χ0n) is 8.74. The maximum Gasteiger partial charge on any atom is 0.406 e. The van der Waals surface area contributed by atoms with Crippen molar-refractivity contribution < 1.29 is 22.0 Å². The molecule has 2 rings (SSSR count). The minimum absolute atomic E-state index is 0.00823. The van der Waals surface area contributed by atoms with Crippen molar-refractivity contribution in [1.82, 2.24) is 5.32 Å². The van der Waals surface area contributed by atoms with Crippen LogP contribution in [0.3, 0.4) is 0 Å². The van der Waals surface area contributed by atoms with E-state index in [0.717, 1.165) is 12.1 Å². The Morgan fingerprint density at radius 1 is 1.06 bits per heavy atom. The minimum Gasteiger partial charge on any atom is -0.299 e. The van der Waals surface area contributed by atoms with Gasteiger partial charge in [0.2, 0.25) is 0 Å². The van der Waals surface area contributed by atoms with Crippen molar-refractivity contribution >= 4 is 0 Å². The SMILES string of the molecule is Fc1cc(F)cc(CNC2(C(F)(F)F)CC2)c1. The van der Waals surface area contributed by atoms with Crippen molar-refractivity contribution in [2.75, 3.05) is 0 Å². The average molecular weight is 251 g/mol. The van der Waals surface area contributed by atoms with Crippen LogP contribution in [0.5, 0.6) is 0 Å². The molecule has 0 atom stereocenters. The second-order valence-corrected chi connectivity index (χ2v) is 4.21. The van der Waals surface area contributed by atoms with Gasteiger partial charge in [-0.3, -0.25) is 5.32 Å². The summed E-state index contributed by atoms with van der Waals surface area (Å²) in [6.07, 6.45) is -4.30. The Morgan fingerprint density at radius 3 is 2.00 bits per heavy atom. The first kappa shape index (κ1) is 12.3. The first-order valence-corrected chi connectivity index (χ1v) is 5.09. The molecule has 1 aromatic carbocycles. The average Bonchev–Trinajstić information content (AvgIpc) is 2.92. The van der Waals surface area contributed by atoms with Crippen LogP contribution in [0.15, 0.2) is 18.2 Å². The summed E-state index contributed by atoms with van der Waals surface area (Å²) in [5.74, 6) is -1.59. The molecule has 17 heavy (non-hydrogen) atoms. The third-order valence-corrected chi connectivity index (χ3v) is 2.85. The molecular formula is C11H10F5N. The second kappa shape index (κ2) is 3.94. The molecule has 1 aromatic rings. The Labute approximate surface area is 94.6 Å². The molecule has 0 amide bonds. The van der Waals surface area contributed by atoms with E-state index in [9.17, 15) is 22.0 Å². The normalized spacial score (nSPS) is 18.2. The number of alkyl halides is 3. The van der Waals surface area contributed by atoms with Gasteiger partial charge in [-0.05, 0) is 30.5 Å². The van der Waals surface area contributed by atoms with Gasteiger partial charge in [0.05, 0.1) is 0 Å². The molecule has 0 aromatic heterocycles. The summed E-state index contributed by atoms with van der Waals surface area (Å²) in [6, 6.07) is 2.71. The minimum atomic E-state index is -4.32. The van der Waals surface area contributed by atoms with Crippen molar-refractivity contribution in [1.29, 1.82) is 0 Å². The largest absolute Gasteiger partial charge is 0.406 e. The standard InChI is InChI=1S/C11H10F5N/c12-8-3-7(4-9(13)5-8)6-17-10(1-2-10)11(14,15)16/h3-5,17H,1-2,6H2.